The van der Waals surface area contributed by atoms with Gasteiger partial charge in [0.15, 0.2) is 5.75 Å². The average molecular weight is 304 g/mol. The van der Waals surface area contributed by atoms with Gasteiger partial charge in [-0.05, 0) is 43.4 Å². The Balaban J connectivity index is 2.00. The smallest absolute Gasteiger partial charge is 0.375 e. The van der Waals surface area contributed by atoms with E-state index in [-0.39, 0.29) is 11.9 Å². The Morgan fingerprint density at radius 3 is 2.86 bits per heavy atom. The van der Waals surface area contributed by atoms with Gasteiger partial charge in [0.1, 0.15) is 11.3 Å². The molecule has 1 aromatic carbocycles. The van der Waals surface area contributed by atoms with Crippen molar-refractivity contribution in [2.45, 2.75) is 38.7 Å². The summed E-state index contributed by atoms with van der Waals surface area (Å²) in [6, 6.07) is 5.20. The van der Waals surface area contributed by atoms with Crippen LogP contribution in [-0.4, -0.2) is 24.3 Å². The lowest BCUT2D eigenvalue weighted by atomic mass is 9.88. The Bertz CT molecular complexity index is 688. The summed E-state index contributed by atoms with van der Waals surface area (Å²) in [6.45, 7) is 2.20. The predicted molar refractivity (Wildman–Crippen MR) is 81.8 cm³/mol. The molecule has 0 aliphatic heterocycles. The zero-order valence-corrected chi connectivity index (χ0v) is 12.8. The number of carboxylic acid groups (broad SMARTS) is 1. The summed E-state index contributed by atoms with van der Waals surface area (Å²) in [4.78, 5) is 11.4. The molecule has 1 fully saturated rings. The van der Waals surface area contributed by atoms with Crippen molar-refractivity contribution in [3.8, 4) is 11.5 Å². The van der Waals surface area contributed by atoms with E-state index in [1.165, 1.54) is 6.42 Å². The first kappa shape index (κ1) is 14.8. The number of hydrogen-bond acceptors (Lipinski definition) is 4. The van der Waals surface area contributed by atoms with Gasteiger partial charge in [0, 0.05) is 0 Å². The number of fused-ring (bicyclic) bond motifs is 1. The van der Waals surface area contributed by atoms with Crippen LogP contribution in [-0.2, 0) is 0 Å². The van der Waals surface area contributed by atoms with Crippen LogP contribution in [0, 0.1) is 5.92 Å². The maximum atomic E-state index is 11.4. The molecule has 1 heterocycles. The SMILES string of the molecule is COc1ccc2oc(C(=O)O)c(OC3CCCC(C)C3)c2c1. The van der Waals surface area contributed by atoms with Crippen molar-refractivity contribution in [1.82, 2.24) is 0 Å². The highest BCUT2D eigenvalue weighted by Gasteiger charge is 2.27. The molecule has 0 bridgehead atoms. The molecule has 3 rings (SSSR count). The Hall–Kier alpha value is -2.17. The topological polar surface area (TPSA) is 68.9 Å². The summed E-state index contributed by atoms with van der Waals surface area (Å²) in [5, 5.41) is 10.0. The third kappa shape index (κ3) is 2.75. The Kier molecular flexibility index (Phi) is 3.96. The molecular weight excluding hydrogens is 284 g/mol. The second-order valence-corrected chi connectivity index (χ2v) is 5.94. The van der Waals surface area contributed by atoms with Crippen LogP contribution in [0.4, 0.5) is 0 Å². The Morgan fingerprint density at radius 2 is 2.18 bits per heavy atom. The number of carboxylic acids is 1. The number of benzene rings is 1. The van der Waals surface area contributed by atoms with Crippen LogP contribution in [0.25, 0.3) is 11.0 Å². The van der Waals surface area contributed by atoms with Gasteiger partial charge in [-0.15, -0.1) is 0 Å². The van der Waals surface area contributed by atoms with Gasteiger partial charge in [0.05, 0.1) is 18.6 Å². The standard InChI is InChI=1S/C17H20O5/c1-10-4-3-5-12(8-10)21-15-13-9-11(20-2)6-7-14(13)22-16(15)17(18)19/h6-7,9-10,12H,3-5,8H2,1-2H3,(H,18,19). The Labute approximate surface area is 128 Å². The molecule has 5 heteroatoms. The molecule has 2 unspecified atom stereocenters. The predicted octanol–water partition coefficient (Wildman–Crippen LogP) is 4.10. The normalized spacial score (nSPS) is 21.7. The highest BCUT2D eigenvalue weighted by molar-refractivity contribution is 5.98. The number of rotatable bonds is 4. The molecule has 1 aliphatic rings. The maximum Gasteiger partial charge on any atom is 0.375 e. The van der Waals surface area contributed by atoms with E-state index in [0.29, 0.717) is 28.4 Å². The largest absolute Gasteiger partial charge is 0.497 e. The summed E-state index contributed by atoms with van der Waals surface area (Å²) < 4.78 is 16.7. The van der Waals surface area contributed by atoms with E-state index >= 15 is 0 Å². The first-order valence-electron chi connectivity index (χ1n) is 7.59. The zero-order valence-electron chi connectivity index (χ0n) is 12.8. The van der Waals surface area contributed by atoms with Crippen LogP contribution < -0.4 is 9.47 Å². The maximum absolute atomic E-state index is 11.4. The van der Waals surface area contributed by atoms with E-state index in [1.807, 2.05) is 0 Å². The summed E-state index contributed by atoms with van der Waals surface area (Å²) in [5.41, 5.74) is 0.497. The van der Waals surface area contributed by atoms with Gasteiger partial charge in [-0.3, -0.25) is 0 Å². The van der Waals surface area contributed by atoms with Crippen molar-refractivity contribution in [3.05, 3.63) is 24.0 Å². The highest BCUT2D eigenvalue weighted by atomic mass is 16.5. The third-order valence-corrected chi connectivity index (χ3v) is 4.22. The second-order valence-electron chi connectivity index (χ2n) is 5.94. The number of hydrogen-bond donors (Lipinski definition) is 1. The summed E-state index contributed by atoms with van der Waals surface area (Å²) in [7, 11) is 1.57. The number of ether oxygens (including phenoxy) is 2. The van der Waals surface area contributed by atoms with Gasteiger partial charge in [-0.25, -0.2) is 4.79 Å². The van der Waals surface area contributed by atoms with Crippen molar-refractivity contribution in [3.63, 3.8) is 0 Å². The lowest BCUT2D eigenvalue weighted by Crippen LogP contribution is -2.24. The Morgan fingerprint density at radius 1 is 1.36 bits per heavy atom. The van der Waals surface area contributed by atoms with E-state index in [4.69, 9.17) is 13.9 Å². The minimum atomic E-state index is -1.12. The average Bonchev–Trinajstić information content (AvgIpc) is 2.85. The molecule has 22 heavy (non-hydrogen) atoms. The van der Waals surface area contributed by atoms with Gasteiger partial charge in [-0.1, -0.05) is 13.3 Å². The van der Waals surface area contributed by atoms with Crippen LogP contribution in [0.1, 0.15) is 43.2 Å². The molecule has 0 saturated heterocycles. The molecule has 1 saturated carbocycles. The minimum Gasteiger partial charge on any atom is -0.497 e. The molecule has 2 aromatic rings. The molecule has 1 N–H and O–H groups in total. The molecule has 118 valence electrons. The number of aromatic carboxylic acids is 1. The van der Waals surface area contributed by atoms with Gasteiger partial charge in [0.25, 0.3) is 5.76 Å². The molecule has 0 spiro atoms. The summed E-state index contributed by atoms with van der Waals surface area (Å²) in [6.07, 6.45) is 4.23. The second kappa shape index (κ2) is 5.91. The van der Waals surface area contributed by atoms with Gasteiger partial charge >= 0.3 is 5.97 Å². The first-order chi connectivity index (χ1) is 10.6. The molecule has 0 radical (unpaired) electrons. The fourth-order valence-electron chi connectivity index (χ4n) is 3.09. The fraction of sp³-hybridized carbons (Fsp3) is 0.471. The van der Waals surface area contributed by atoms with E-state index in [1.54, 1.807) is 25.3 Å². The zero-order chi connectivity index (χ0) is 15.7. The molecule has 2 atom stereocenters. The van der Waals surface area contributed by atoms with Gasteiger partial charge in [0.2, 0.25) is 0 Å². The molecular formula is C17H20O5. The van der Waals surface area contributed by atoms with E-state index in [0.717, 1.165) is 19.3 Å². The van der Waals surface area contributed by atoms with Gasteiger partial charge in [-0.2, -0.15) is 0 Å². The van der Waals surface area contributed by atoms with Crippen LogP contribution in [0.2, 0.25) is 0 Å². The van der Waals surface area contributed by atoms with Crippen molar-refractivity contribution in [2.75, 3.05) is 7.11 Å². The van der Waals surface area contributed by atoms with E-state index < -0.39 is 5.97 Å². The highest BCUT2D eigenvalue weighted by Crippen LogP contribution is 2.38. The number of methoxy groups -OCH3 is 1. The van der Waals surface area contributed by atoms with Crippen LogP contribution in [0.3, 0.4) is 0 Å². The molecule has 1 aromatic heterocycles. The minimum absolute atomic E-state index is 0.0360. The molecule has 5 nitrogen and oxygen atoms in total. The van der Waals surface area contributed by atoms with Crippen LogP contribution >= 0.6 is 0 Å². The number of furan rings is 1. The van der Waals surface area contributed by atoms with E-state index in [2.05, 4.69) is 6.92 Å². The summed E-state index contributed by atoms with van der Waals surface area (Å²) in [5.74, 6) is 0.308. The fourth-order valence-corrected chi connectivity index (χ4v) is 3.09. The lowest BCUT2D eigenvalue weighted by Gasteiger charge is -2.27. The van der Waals surface area contributed by atoms with Gasteiger partial charge < -0.3 is 19.0 Å². The summed E-state index contributed by atoms with van der Waals surface area (Å²) >= 11 is 0. The lowest BCUT2D eigenvalue weighted by molar-refractivity contribution is 0.0647. The quantitative estimate of drug-likeness (QED) is 0.921. The van der Waals surface area contributed by atoms with Crippen LogP contribution in [0.5, 0.6) is 11.5 Å². The number of carbonyl (C=O) groups is 1. The van der Waals surface area contributed by atoms with E-state index in [9.17, 15) is 9.90 Å². The van der Waals surface area contributed by atoms with Crippen molar-refractivity contribution in [1.29, 1.82) is 0 Å². The molecule has 0 amide bonds. The third-order valence-electron chi connectivity index (χ3n) is 4.22. The first-order valence-corrected chi connectivity index (χ1v) is 7.59. The van der Waals surface area contributed by atoms with Crippen molar-refractivity contribution < 1.29 is 23.8 Å². The van der Waals surface area contributed by atoms with Crippen molar-refractivity contribution >= 4 is 16.9 Å². The molecule has 1 aliphatic carbocycles. The van der Waals surface area contributed by atoms with Crippen molar-refractivity contribution in [2.24, 2.45) is 5.92 Å². The monoisotopic (exact) mass is 304 g/mol. The van der Waals surface area contributed by atoms with Crippen LogP contribution in [0.15, 0.2) is 22.6 Å².